The van der Waals surface area contributed by atoms with Crippen LogP contribution in [0.5, 0.6) is 0 Å². The average Bonchev–Trinajstić information content (AvgIpc) is 3.16. The minimum Gasteiger partial charge on any atom is -0.307 e. The molecule has 0 bridgehead atoms. The molecule has 1 saturated carbocycles. The van der Waals surface area contributed by atoms with Crippen LogP contribution in [0.3, 0.4) is 0 Å². The van der Waals surface area contributed by atoms with Gasteiger partial charge in [0.25, 0.3) is 0 Å². The molecule has 1 saturated heterocycles. The largest absolute Gasteiger partial charge is 0.307 e. The molecule has 0 aromatic heterocycles. The van der Waals surface area contributed by atoms with Gasteiger partial charge in [-0.1, -0.05) is 36.6 Å². The van der Waals surface area contributed by atoms with Crippen LogP contribution < -0.4 is 5.32 Å². The Morgan fingerprint density at radius 2 is 2.06 bits per heavy atom. The fourth-order valence-electron chi connectivity index (χ4n) is 3.28. The zero-order valence-corrected chi connectivity index (χ0v) is 11.0. The Morgan fingerprint density at radius 3 is 2.82 bits per heavy atom. The van der Waals surface area contributed by atoms with Gasteiger partial charge in [-0.3, -0.25) is 0 Å². The van der Waals surface area contributed by atoms with Crippen LogP contribution >= 0.6 is 11.6 Å². The third-order valence-electron chi connectivity index (χ3n) is 4.30. The molecule has 1 atom stereocenters. The molecule has 0 amide bonds. The number of hydrogen-bond acceptors (Lipinski definition) is 1. The quantitative estimate of drug-likeness (QED) is 0.832. The second-order valence-corrected chi connectivity index (χ2v) is 5.93. The number of halogens is 1. The molecule has 0 radical (unpaired) electrons. The highest BCUT2D eigenvalue weighted by Crippen LogP contribution is 2.49. The van der Waals surface area contributed by atoms with Gasteiger partial charge in [0, 0.05) is 10.6 Å². The van der Waals surface area contributed by atoms with Gasteiger partial charge in [0.15, 0.2) is 0 Å². The molecule has 1 aliphatic heterocycles. The summed E-state index contributed by atoms with van der Waals surface area (Å²) < 4.78 is 0. The summed E-state index contributed by atoms with van der Waals surface area (Å²) >= 11 is 6.16. The summed E-state index contributed by atoms with van der Waals surface area (Å²) in [5, 5.41) is 4.71. The van der Waals surface area contributed by atoms with Crippen molar-refractivity contribution in [3.05, 3.63) is 34.9 Å². The van der Waals surface area contributed by atoms with Crippen molar-refractivity contribution >= 4 is 11.6 Å². The van der Waals surface area contributed by atoms with E-state index < -0.39 is 0 Å². The Labute approximate surface area is 109 Å². The van der Waals surface area contributed by atoms with E-state index in [1.807, 2.05) is 6.07 Å². The van der Waals surface area contributed by atoms with Crippen molar-refractivity contribution in [2.75, 3.05) is 6.54 Å². The first-order valence-corrected chi connectivity index (χ1v) is 7.20. The Hall–Kier alpha value is -0.530. The van der Waals surface area contributed by atoms with Crippen molar-refractivity contribution in [2.45, 2.75) is 44.1 Å². The summed E-state index contributed by atoms with van der Waals surface area (Å²) in [5.41, 5.74) is 1.64. The molecule has 1 N–H and O–H groups in total. The molecule has 0 spiro atoms. The van der Waals surface area contributed by atoms with Crippen molar-refractivity contribution < 1.29 is 0 Å². The number of rotatable bonds is 2. The van der Waals surface area contributed by atoms with E-state index in [1.165, 1.54) is 44.1 Å². The molecular formula is C15H20ClN. The molecule has 3 rings (SSSR count). The summed E-state index contributed by atoms with van der Waals surface area (Å²) in [6, 6.07) is 8.48. The normalized spacial score (nSPS) is 29.9. The van der Waals surface area contributed by atoms with Gasteiger partial charge in [-0.2, -0.15) is 0 Å². The van der Waals surface area contributed by atoms with Gasteiger partial charge in [-0.15, -0.1) is 0 Å². The maximum absolute atomic E-state index is 6.16. The lowest BCUT2D eigenvalue weighted by atomic mass is 9.81. The standard InChI is InChI=1S/C15H20ClN/c16-14-6-4-5-13(11-14)15(12-7-8-12)9-2-1-3-10-17-15/h4-6,11-12,17H,1-3,7-10H2. The van der Waals surface area contributed by atoms with Crippen molar-refractivity contribution in [1.82, 2.24) is 5.32 Å². The van der Waals surface area contributed by atoms with Gasteiger partial charge >= 0.3 is 0 Å². The third-order valence-corrected chi connectivity index (χ3v) is 4.54. The van der Waals surface area contributed by atoms with E-state index in [2.05, 4.69) is 23.5 Å². The van der Waals surface area contributed by atoms with Crippen LogP contribution in [0.2, 0.25) is 5.02 Å². The van der Waals surface area contributed by atoms with E-state index in [4.69, 9.17) is 11.6 Å². The fraction of sp³-hybridized carbons (Fsp3) is 0.600. The van der Waals surface area contributed by atoms with Crippen LogP contribution in [0.15, 0.2) is 24.3 Å². The molecule has 1 aliphatic carbocycles. The fourth-order valence-corrected chi connectivity index (χ4v) is 3.47. The zero-order chi connectivity index (χ0) is 11.7. The molecule has 1 aromatic rings. The van der Waals surface area contributed by atoms with Crippen LogP contribution in [0.1, 0.15) is 44.1 Å². The second kappa shape index (κ2) is 4.62. The van der Waals surface area contributed by atoms with Crippen LogP contribution in [0.25, 0.3) is 0 Å². The van der Waals surface area contributed by atoms with Crippen LogP contribution in [0.4, 0.5) is 0 Å². The van der Waals surface area contributed by atoms with Gasteiger partial charge in [-0.25, -0.2) is 0 Å². The molecule has 2 fully saturated rings. The summed E-state index contributed by atoms with van der Waals surface area (Å²) in [5.74, 6) is 0.832. The summed E-state index contributed by atoms with van der Waals surface area (Å²) in [6.07, 6.45) is 8.05. The predicted molar refractivity (Wildman–Crippen MR) is 72.3 cm³/mol. The first kappa shape index (κ1) is 11.6. The minimum atomic E-state index is 0.224. The Bertz CT molecular complexity index is 390. The van der Waals surface area contributed by atoms with Crippen molar-refractivity contribution in [3.63, 3.8) is 0 Å². The van der Waals surface area contributed by atoms with Gasteiger partial charge in [0.2, 0.25) is 0 Å². The summed E-state index contributed by atoms with van der Waals surface area (Å²) in [6.45, 7) is 1.16. The first-order valence-electron chi connectivity index (χ1n) is 6.82. The van der Waals surface area contributed by atoms with Gasteiger partial charge < -0.3 is 5.32 Å². The van der Waals surface area contributed by atoms with E-state index in [0.29, 0.717) is 0 Å². The Balaban J connectivity index is 1.97. The third kappa shape index (κ3) is 2.23. The molecule has 1 aromatic carbocycles. The smallest absolute Gasteiger partial charge is 0.0463 e. The van der Waals surface area contributed by atoms with E-state index in [-0.39, 0.29) is 5.54 Å². The molecule has 1 nitrogen and oxygen atoms in total. The Kier molecular flexibility index (Phi) is 3.14. The highest BCUT2D eigenvalue weighted by molar-refractivity contribution is 6.30. The van der Waals surface area contributed by atoms with Crippen LogP contribution in [0, 0.1) is 5.92 Å². The molecular weight excluding hydrogens is 230 g/mol. The van der Waals surface area contributed by atoms with Crippen molar-refractivity contribution in [2.24, 2.45) is 5.92 Å². The van der Waals surface area contributed by atoms with E-state index in [9.17, 15) is 0 Å². The maximum Gasteiger partial charge on any atom is 0.0463 e. The second-order valence-electron chi connectivity index (χ2n) is 5.49. The van der Waals surface area contributed by atoms with Crippen molar-refractivity contribution in [1.29, 1.82) is 0 Å². The number of nitrogens with one attached hydrogen (secondary N) is 1. The average molecular weight is 250 g/mol. The van der Waals surface area contributed by atoms with E-state index in [1.54, 1.807) is 0 Å². The molecule has 17 heavy (non-hydrogen) atoms. The first-order chi connectivity index (χ1) is 8.31. The van der Waals surface area contributed by atoms with Gasteiger partial charge in [0.05, 0.1) is 0 Å². The van der Waals surface area contributed by atoms with Gasteiger partial charge in [0.1, 0.15) is 0 Å². The van der Waals surface area contributed by atoms with E-state index >= 15 is 0 Å². The van der Waals surface area contributed by atoms with Crippen LogP contribution in [-0.4, -0.2) is 6.54 Å². The van der Waals surface area contributed by atoms with Crippen molar-refractivity contribution in [3.8, 4) is 0 Å². The van der Waals surface area contributed by atoms with Crippen LogP contribution in [-0.2, 0) is 5.54 Å². The lowest BCUT2D eigenvalue weighted by Gasteiger charge is -2.35. The maximum atomic E-state index is 6.16. The highest BCUT2D eigenvalue weighted by Gasteiger charge is 2.46. The molecule has 92 valence electrons. The minimum absolute atomic E-state index is 0.224. The number of benzene rings is 1. The molecule has 1 heterocycles. The highest BCUT2D eigenvalue weighted by atomic mass is 35.5. The topological polar surface area (TPSA) is 12.0 Å². The lowest BCUT2D eigenvalue weighted by molar-refractivity contribution is 0.279. The van der Waals surface area contributed by atoms with Gasteiger partial charge in [-0.05, 0) is 55.8 Å². The van der Waals surface area contributed by atoms with E-state index in [0.717, 1.165) is 17.5 Å². The molecule has 1 unspecified atom stereocenters. The number of hydrogen-bond donors (Lipinski definition) is 1. The zero-order valence-electron chi connectivity index (χ0n) is 10.2. The lowest BCUT2D eigenvalue weighted by Crippen LogP contribution is -2.43. The Morgan fingerprint density at radius 1 is 1.18 bits per heavy atom. The SMILES string of the molecule is Clc1cccc(C2(C3CC3)CCCCCN2)c1. The molecule has 2 aliphatic rings. The molecule has 2 heteroatoms. The predicted octanol–water partition coefficient (Wildman–Crippen LogP) is 4.11. The monoisotopic (exact) mass is 249 g/mol. The summed E-state index contributed by atoms with van der Waals surface area (Å²) in [4.78, 5) is 0. The summed E-state index contributed by atoms with van der Waals surface area (Å²) in [7, 11) is 0.